The predicted molar refractivity (Wildman–Crippen MR) is 84.7 cm³/mol. The van der Waals surface area contributed by atoms with Crippen LogP contribution < -0.4 is 11.1 Å². The van der Waals surface area contributed by atoms with Crippen molar-refractivity contribution in [1.29, 1.82) is 0 Å². The number of nitrogens with zero attached hydrogens (tertiary/aromatic N) is 2. The Kier molecular flexibility index (Phi) is 4.43. The Hall–Kier alpha value is -2.14. The molecule has 2 rings (SSSR count). The van der Waals surface area contributed by atoms with E-state index in [1.165, 1.54) is 6.20 Å². The maximum absolute atomic E-state index is 12.4. The molecule has 0 saturated heterocycles. The second-order valence-electron chi connectivity index (χ2n) is 5.07. The Morgan fingerprint density at radius 2 is 2.10 bits per heavy atom. The number of anilines is 2. The molecule has 5 nitrogen and oxygen atoms in total. The van der Waals surface area contributed by atoms with Crippen molar-refractivity contribution >= 4 is 28.9 Å². The molecule has 1 aromatic heterocycles. The number of carbonyl (C=O) groups excluding carboxylic acids is 1. The third-order valence-corrected chi connectivity index (χ3v) is 3.34. The van der Waals surface area contributed by atoms with Crippen LogP contribution in [0.5, 0.6) is 0 Å². The van der Waals surface area contributed by atoms with Crippen LogP contribution in [0.4, 0.5) is 11.4 Å². The molecule has 0 atom stereocenters. The first-order chi connectivity index (χ1) is 9.90. The molecule has 0 fully saturated rings. The minimum absolute atomic E-state index is 0.110. The lowest BCUT2D eigenvalue weighted by atomic mass is 10.2. The molecule has 0 aliphatic rings. The van der Waals surface area contributed by atoms with Gasteiger partial charge in [-0.1, -0.05) is 37.6 Å². The predicted octanol–water partition coefficient (Wildman–Crippen LogP) is 3.40. The van der Waals surface area contributed by atoms with Crippen LogP contribution in [0, 0.1) is 6.92 Å². The highest BCUT2D eigenvalue weighted by Crippen LogP contribution is 2.26. The fourth-order valence-electron chi connectivity index (χ4n) is 1.83. The van der Waals surface area contributed by atoms with Gasteiger partial charge >= 0.3 is 0 Å². The number of para-hydroxylation sites is 1. The zero-order chi connectivity index (χ0) is 15.6. The highest BCUT2D eigenvalue weighted by Gasteiger charge is 2.17. The van der Waals surface area contributed by atoms with Gasteiger partial charge in [0.1, 0.15) is 5.82 Å². The summed E-state index contributed by atoms with van der Waals surface area (Å²) in [6, 6.07) is 5.40. The van der Waals surface area contributed by atoms with E-state index in [-0.39, 0.29) is 17.3 Å². The van der Waals surface area contributed by atoms with Crippen molar-refractivity contribution < 1.29 is 4.79 Å². The van der Waals surface area contributed by atoms with Gasteiger partial charge in [-0.25, -0.2) is 9.97 Å². The number of rotatable bonds is 3. The van der Waals surface area contributed by atoms with E-state index in [0.29, 0.717) is 16.5 Å². The summed E-state index contributed by atoms with van der Waals surface area (Å²) in [5.74, 6) is 0.289. The maximum Gasteiger partial charge on any atom is 0.276 e. The molecule has 0 unspecified atom stereocenters. The van der Waals surface area contributed by atoms with E-state index in [0.717, 1.165) is 5.56 Å². The molecular weight excluding hydrogens is 288 g/mol. The van der Waals surface area contributed by atoms with E-state index in [1.54, 1.807) is 6.07 Å². The lowest BCUT2D eigenvalue weighted by molar-refractivity contribution is 0.102. The number of aryl methyl sites for hydroxylation is 1. The molecule has 1 amide bonds. The van der Waals surface area contributed by atoms with E-state index in [1.807, 2.05) is 32.9 Å². The average Bonchev–Trinajstić information content (AvgIpc) is 2.43. The van der Waals surface area contributed by atoms with E-state index < -0.39 is 5.91 Å². The molecule has 3 N–H and O–H groups in total. The lowest BCUT2D eigenvalue weighted by Crippen LogP contribution is -2.18. The number of nitrogens with two attached hydrogens (primary N) is 1. The summed E-state index contributed by atoms with van der Waals surface area (Å²) in [6.45, 7) is 5.77. The fraction of sp³-hybridized carbons (Fsp3) is 0.267. The van der Waals surface area contributed by atoms with Crippen LogP contribution >= 0.6 is 11.6 Å². The highest BCUT2D eigenvalue weighted by molar-refractivity contribution is 6.34. The second kappa shape index (κ2) is 6.10. The first kappa shape index (κ1) is 15.3. The number of carbonyl (C=O) groups is 1. The van der Waals surface area contributed by atoms with Gasteiger partial charge < -0.3 is 11.1 Å². The maximum atomic E-state index is 12.4. The summed E-state index contributed by atoms with van der Waals surface area (Å²) in [4.78, 5) is 20.7. The first-order valence-corrected chi connectivity index (χ1v) is 6.96. The summed E-state index contributed by atoms with van der Waals surface area (Å²) >= 11 is 6.10. The molecule has 0 bridgehead atoms. The molecule has 0 radical (unpaired) electrons. The standard InChI is InChI=1S/C15H17ClN4O/c1-8(2)14-18-7-11(17)13(19-14)15(21)20-12-9(3)5-4-6-10(12)16/h4-8H,17H2,1-3H3,(H,20,21). The molecule has 21 heavy (non-hydrogen) atoms. The number of hydrogen-bond acceptors (Lipinski definition) is 4. The Morgan fingerprint density at radius 3 is 2.71 bits per heavy atom. The molecule has 0 aliphatic heterocycles. The van der Waals surface area contributed by atoms with E-state index in [9.17, 15) is 4.79 Å². The summed E-state index contributed by atoms with van der Waals surface area (Å²) in [7, 11) is 0. The quantitative estimate of drug-likeness (QED) is 0.910. The monoisotopic (exact) mass is 304 g/mol. The van der Waals surface area contributed by atoms with Crippen molar-refractivity contribution in [2.24, 2.45) is 0 Å². The minimum Gasteiger partial charge on any atom is -0.396 e. The van der Waals surface area contributed by atoms with E-state index in [2.05, 4.69) is 15.3 Å². The molecule has 6 heteroatoms. The van der Waals surface area contributed by atoms with Crippen molar-refractivity contribution in [1.82, 2.24) is 9.97 Å². The smallest absolute Gasteiger partial charge is 0.276 e. The van der Waals surface area contributed by atoms with Crippen LogP contribution in [-0.2, 0) is 0 Å². The van der Waals surface area contributed by atoms with Gasteiger partial charge in [-0.3, -0.25) is 4.79 Å². The van der Waals surface area contributed by atoms with Crippen molar-refractivity contribution in [3.05, 3.63) is 46.5 Å². The average molecular weight is 305 g/mol. The van der Waals surface area contributed by atoms with Crippen molar-refractivity contribution in [2.75, 3.05) is 11.1 Å². The summed E-state index contributed by atoms with van der Waals surface area (Å²) in [5.41, 5.74) is 7.63. The summed E-state index contributed by atoms with van der Waals surface area (Å²) in [6.07, 6.45) is 1.46. The normalized spacial score (nSPS) is 10.7. The molecule has 1 aromatic carbocycles. The van der Waals surface area contributed by atoms with E-state index >= 15 is 0 Å². The Morgan fingerprint density at radius 1 is 1.38 bits per heavy atom. The van der Waals surface area contributed by atoms with Crippen LogP contribution in [0.3, 0.4) is 0 Å². The molecule has 0 spiro atoms. The van der Waals surface area contributed by atoms with Crippen molar-refractivity contribution in [3.8, 4) is 0 Å². The SMILES string of the molecule is Cc1cccc(Cl)c1NC(=O)c1nc(C(C)C)ncc1N. The molecule has 0 saturated carbocycles. The third kappa shape index (κ3) is 3.31. The van der Waals surface area contributed by atoms with Gasteiger partial charge in [-0.2, -0.15) is 0 Å². The fourth-order valence-corrected chi connectivity index (χ4v) is 2.10. The number of halogens is 1. The van der Waals surface area contributed by atoms with Crippen LogP contribution in [0.1, 0.15) is 41.6 Å². The van der Waals surface area contributed by atoms with Gasteiger partial charge in [0.15, 0.2) is 5.69 Å². The number of amides is 1. The molecule has 0 aliphatic carbocycles. The molecular formula is C15H17ClN4O. The Bertz CT molecular complexity index is 665. The molecule has 2 aromatic rings. The largest absolute Gasteiger partial charge is 0.396 e. The number of hydrogen-bond donors (Lipinski definition) is 2. The van der Waals surface area contributed by atoms with Gasteiger partial charge in [0.2, 0.25) is 0 Å². The Balaban J connectivity index is 2.35. The third-order valence-electron chi connectivity index (χ3n) is 3.03. The van der Waals surface area contributed by atoms with Crippen molar-refractivity contribution in [3.63, 3.8) is 0 Å². The van der Waals surface area contributed by atoms with Crippen LogP contribution in [0.2, 0.25) is 5.02 Å². The van der Waals surface area contributed by atoms with Gasteiger partial charge in [0, 0.05) is 5.92 Å². The van der Waals surface area contributed by atoms with Crippen LogP contribution in [0.15, 0.2) is 24.4 Å². The second-order valence-corrected chi connectivity index (χ2v) is 5.48. The topological polar surface area (TPSA) is 80.9 Å². The lowest BCUT2D eigenvalue weighted by Gasteiger charge is -2.12. The number of nitrogens with one attached hydrogen (secondary N) is 1. The van der Waals surface area contributed by atoms with Gasteiger partial charge in [-0.15, -0.1) is 0 Å². The summed E-state index contributed by atoms with van der Waals surface area (Å²) in [5, 5.41) is 3.23. The molecule has 110 valence electrons. The first-order valence-electron chi connectivity index (χ1n) is 6.59. The highest BCUT2D eigenvalue weighted by atomic mass is 35.5. The van der Waals surface area contributed by atoms with Gasteiger partial charge in [0.05, 0.1) is 22.6 Å². The van der Waals surface area contributed by atoms with Gasteiger partial charge in [-0.05, 0) is 18.6 Å². The Labute approximate surface area is 128 Å². The van der Waals surface area contributed by atoms with Crippen LogP contribution in [-0.4, -0.2) is 15.9 Å². The van der Waals surface area contributed by atoms with Gasteiger partial charge in [0.25, 0.3) is 5.91 Å². The zero-order valence-electron chi connectivity index (χ0n) is 12.1. The van der Waals surface area contributed by atoms with Crippen molar-refractivity contribution in [2.45, 2.75) is 26.7 Å². The molecule has 1 heterocycles. The van der Waals surface area contributed by atoms with Crippen LogP contribution in [0.25, 0.3) is 0 Å². The zero-order valence-corrected chi connectivity index (χ0v) is 12.9. The number of nitrogen functional groups attached to an aromatic ring is 1. The summed E-state index contributed by atoms with van der Waals surface area (Å²) < 4.78 is 0. The number of aromatic nitrogens is 2. The van der Waals surface area contributed by atoms with E-state index in [4.69, 9.17) is 17.3 Å². The number of benzene rings is 1. The minimum atomic E-state index is -0.395.